The molecule has 2 saturated heterocycles. The Labute approximate surface area is 322 Å². The first kappa shape index (κ1) is 36.9. The lowest BCUT2D eigenvalue weighted by atomic mass is 10.0. The molecule has 0 radical (unpaired) electrons. The first-order chi connectivity index (χ1) is 27.3. The Morgan fingerprint density at radius 3 is 2.40 bits per heavy atom. The Kier molecular flexibility index (Phi) is 9.19. The van der Waals surface area contributed by atoms with Crippen molar-refractivity contribution in [1.82, 2.24) is 23.7 Å². The molecule has 4 amide bonds. The number of anilines is 2. The predicted octanol–water partition coefficient (Wildman–Crippen LogP) is 2.84. The van der Waals surface area contributed by atoms with Crippen molar-refractivity contribution >= 4 is 67.0 Å². The highest BCUT2D eigenvalue weighted by Gasteiger charge is 2.38. The summed E-state index contributed by atoms with van der Waals surface area (Å²) < 4.78 is 54.0. The van der Waals surface area contributed by atoms with Gasteiger partial charge in [0.05, 0.1) is 11.0 Å². The van der Waals surface area contributed by atoms with Gasteiger partial charge in [0.15, 0.2) is 5.82 Å². The van der Waals surface area contributed by atoms with Crippen LogP contribution in [0.25, 0.3) is 32.9 Å². The van der Waals surface area contributed by atoms with E-state index < -0.39 is 69.2 Å². The van der Waals surface area contributed by atoms with Gasteiger partial charge in [-0.05, 0) is 71.0 Å². The number of rotatable bonds is 9. The molecule has 0 aliphatic carbocycles. The summed E-state index contributed by atoms with van der Waals surface area (Å²) in [5.74, 6) is -3.43. The predicted molar refractivity (Wildman–Crippen MR) is 206 cm³/mol. The lowest BCUT2D eigenvalue weighted by Gasteiger charge is -2.21. The number of imidazole rings is 1. The molecular formula is C39H32FN7O9S. The van der Waals surface area contributed by atoms with E-state index in [-0.39, 0.29) is 48.2 Å². The van der Waals surface area contributed by atoms with E-state index in [9.17, 15) is 37.2 Å². The van der Waals surface area contributed by atoms with Crippen molar-refractivity contribution in [3.63, 3.8) is 0 Å². The van der Waals surface area contributed by atoms with Crippen LogP contribution in [0.3, 0.4) is 0 Å². The van der Waals surface area contributed by atoms with Gasteiger partial charge in [-0.25, -0.2) is 18.2 Å². The molecule has 3 N–H and O–H groups in total. The van der Waals surface area contributed by atoms with Gasteiger partial charge in [0.2, 0.25) is 17.7 Å². The summed E-state index contributed by atoms with van der Waals surface area (Å²) in [5, 5.41) is 5.25. The number of piperidine rings is 1. The number of aryl methyl sites for hydroxylation is 1. The normalized spacial score (nSPS) is 16.5. The van der Waals surface area contributed by atoms with E-state index in [2.05, 4.69) is 10.6 Å². The average Bonchev–Trinajstić information content (AvgIpc) is 3.59. The molecule has 6 aromatic rings. The average molecular weight is 794 g/mol. The third-order valence-electron chi connectivity index (χ3n) is 9.86. The number of aromatic nitrogens is 3. The number of hydrogen-bond acceptors (Lipinski definition) is 9. The van der Waals surface area contributed by atoms with Gasteiger partial charge < -0.3 is 14.6 Å². The highest BCUT2D eigenvalue weighted by molar-refractivity contribution is 7.92. The molecule has 0 saturated carbocycles. The van der Waals surface area contributed by atoms with Crippen LogP contribution in [0, 0.1) is 5.82 Å². The van der Waals surface area contributed by atoms with Crippen molar-refractivity contribution in [2.75, 3.05) is 16.2 Å². The number of fused-ring (bicyclic) bond motifs is 2. The topological polar surface area (TPSA) is 200 Å². The smallest absolute Gasteiger partial charge is 0.329 e. The van der Waals surface area contributed by atoms with Crippen LogP contribution in [-0.4, -0.2) is 52.3 Å². The Bertz CT molecular complexity index is 2920. The van der Waals surface area contributed by atoms with Crippen molar-refractivity contribution in [3.05, 3.63) is 123 Å². The molecule has 2 aliphatic heterocycles. The maximum absolute atomic E-state index is 16.2. The van der Waals surface area contributed by atoms with Crippen molar-refractivity contribution in [2.24, 2.45) is 7.05 Å². The molecular weight excluding hydrogens is 762 g/mol. The molecule has 57 heavy (non-hydrogen) atoms. The number of carbonyl (C=O) groups excluding carboxylic acids is 4. The standard InChI is InChI=1S/C39H32FN7O9S/c1-44-30-16-23(7-10-28(30)47(39(44)53)29-11-12-32(48)42-38(29)52)24-13-14-45(35(51)18-24)19-33(49)41-26-8-9-27-25(15-26)17-31(56-21-22-5-3-2-4-6-22)37(36(27)40)46-20-34(50)43-57(46,54)55/h2-10,13-18,29H,11-12,19-21H2,1H3,(H,41,49)(H,43,50)(H,42,48,52). The monoisotopic (exact) mass is 793 g/mol. The van der Waals surface area contributed by atoms with Crippen LogP contribution in [0.5, 0.6) is 5.75 Å². The van der Waals surface area contributed by atoms with Gasteiger partial charge in [-0.2, -0.15) is 8.42 Å². The molecule has 1 atom stereocenters. The second kappa shape index (κ2) is 14.2. The molecule has 2 aliphatic rings. The van der Waals surface area contributed by atoms with Gasteiger partial charge >= 0.3 is 15.9 Å². The Balaban J connectivity index is 1.02. The number of imide groups is 1. The van der Waals surface area contributed by atoms with Crippen molar-refractivity contribution in [3.8, 4) is 16.9 Å². The van der Waals surface area contributed by atoms with Crippen LogP contribution in [0.15, 0.2) is 101 Å². The molecule has 16 nitrogen and oxygen atoms in total. The number of nitrogens with one attached hydrogen (secondary N) is 3. The summed E-state index contributed by atoms with van der Waals surface area (Å²) in [7, 11) is -2.82. The fraction of sp³-hybridized carbons (Fsp3) is 0.179. The largest absolute Gasteiger partial charge is 0.487 e. The zero-order chi connectivity index (χ0) is 40.2. The number of carbonyl (C=O) groups is 4. The number of hydrogen-bond donors (Lipinski definition) is 3. The SMILES string of the molecule is Cn1c(=O)n(C2CCC(=O)NC2=O)c2ccc(-c3ccn(CC(=O)Nc4ccc5c(F)c(N6CC(=O)NS6(=O)=O)c(OCc6ccccc6)cc5c4)c(=O)c3)cc21. The number of halogens is 1. The second-order valence-electron chi connectivity index (χ2n) is 13.6. The molecule has 290 valence electrons. The quantitative estimate of drug-likeness (QED) is 0.184. The van der Waals surface area contributed by atoms with Gasteiger partial charge in [0.1, 0.15) is 37.2 Å². The second-order valence-corrected chi connectivity index (χ2v) is 15.2. The van der Waals surface area contributed by atoms with Crippen molar-refractivity contribution in [1.29, 1.82) is 0 Å². The molecule has 2 fully saturated rings. The van der Waals surface area contributed by atoms with E-state index in [0.29, 0.717) is 26.5 Å². The Morgan fingerprint density at radius 2 is 1.68 bits per heavy atom. The zero-order valence-corrected chi connectivity index (χ0v) is 30.8. The minimum atomic E-state index is -4.39. The van der Waals surface area contributed by atoms with E-state index in [1.165, 1.54) is 50.2 Å². The number of nitrogens with zero attached hydrogens (tertiary/aromatic N) is 4. The van der Waals surface area contributed by atoms with Crippen LogP contribution in [0.2, 0.25) is 0 Å². The summed E-state index contributed by atoms with van der Waals surface area (Å²) in [4.78, 5) is 75.8. The third kappa shape index (κ3) is 6.90. The summed E-state index contributed by atoms with van der Waals surface area (Å²) in [6.45, 7) is -1.05. The van der Waals surface area contributed by atoms with Crippen LogP contribution in [0.4, 0.5) is 15.8 Å². The van der Waals surface area contributed by atoms with Crippen molar-refractivity contribution < 1.29 is 36.7 Å². The minimum absolute atomic E-state index is 0.00205. The first-order valence-electron chi connectivity index (χ1n) is 17.6. The van der Waals surface area contributed by atoms with Gasteiger partial charge in [-0.1, -0.05) is 36.4 Å². The molecule has 0 spiro atoms. The molecule has 2 aromatic heterocycles. The summed E-state index contributed by atoms with van der Waals surface area (Å²) >= 11 is 0. The fourth-order valence-electron chi connectivity index (χ4n) is 7.07. The van der Waals surface area contributed by atoms with Crippen molar-refractivity contribution in [2.45, 2.75) is 32.0 Å². The lowest BCUT2D eigenvalue weighted by Crippen LogP contribution is -2.44. The van der Waals surface area contributed by atoms with Gasteiger partial charge in [-0.3, -0.25) is 38.4 Å². The highest BCUT2D eigenvalue weighted by Crippen LogP contribution is 2.40. The van der Waals surface area contributed by atoms with Crippen LogP contribution >= 0.6 is 0 Å². The minimum Gasteiger partial charge on any atom is -0.487 e. The van der Waals surface area contributed by atoms with Gasteiger partial charge in [0, 0.05) is 36.8 Å². The molecule has 4 aromatic carbocycles. The van der Waals surface area contributed by atoms with Crippen LogP contribution in [0.1, 0.15) is 24.4 Å². The fourth-order valence-corrected chi connectivity index (χ4v) is 8.23. The third-order valence-corrected chi connectivity index (χ3v) is 11.2. The molecule has 0 bridgehead atoms. The maximum atomic E-state index is 16.2. The lowest BCUT2D eigenvalue weighted by molar-refractivity contribution is -0.135. The number of benzene rings is 4. The number of ether oxygens (including phenoxy) is 1. The first-order valence-corrected chi connectivity index (χ1v) is 19.0. The molecule has 18 heteroatoms. The van der Waals surface area contributed by atoms with E-state index in [4.69, 9.17) is 4.74 Å². The van der Waals surface area contributed by atoms with E-state index in [0.717, 1.165) is 5.56 Å². The van der Waals surface area contributed by atoms with Crippen LogP contribution in [-0.2, 0) is 49.6 Å². The van der Waals surface area contributed by atoms with E-state index >= 15 is 4.39 Å². The molecule has 4 heterocycles. The van der Waals surface area contributed by atoms with E-state index in [1.807, 2.05) is 4.72 Å². The summed E-state index contributed by atoms with van der Waals surface area (Å²) in [6.07, 6.45) is 1.75. The Hall–Kier alpha value is -7.08. The number of amides is 4. The molecule has 8 rings (SSSR count). The van der Waals surface area contributed by atoms with Gasteiger partial charge in [0.25, 0.3) is 11.5 Å². The summed E-state index contributed by atoms with van der Waals surface area (Å²) in [6, 6.07) is 21.8. The van der Waals surface area contributed by atoms with E-state index in [1.54, 1.807) is 61.6 Å². The van der Waals surface area contributed by atoms with Crippen LogP contribution < -0.4 is 35.6 Å². The Morgan fingerprint density at radius 1 is 0.912 bits per heavy atom. The highest BCUT2D eigenvalue weighted by atomic mass is 32.2. The molecule has 1 unspecified atom stereocenters. The zero-order valence-electron chi connectivity index (χ0n) is 30.0. The maximum Gasteiger partial charge on any atom is 0.329 e. The van der Waals surface area contributed by atoms with Gasteiger partial charge in [-0.15, -0.1) is 0 Å². The summed E-state index contributed by atoms with van der Waals surface area (Å²) in [5.41, 5.74) is 1.76. The number of pyridine rings is 1.